The molecule has 0 N–H and O–H groups in total. The van der Waals surface area contributed by atoms with Crippen LogP contribution >= 0.6 is 0 Å². The molecule has 1 rings (SSSR count). The number of carbonyl (C=O) groups excluding carboxylic acids is 3. The van der Waals surface area contributed by atoms with Gasteiger partial charge in [0.1, 0.15) is 12.6 Å². The second-order valence-corrected chi connectivity index (χ2v) is 2.04. The molecule has 0 fully saturated rings. The van der Waals surface area contributed by atoms with E-state index in [2.05, 4.69) is 4.42 Å². The fourth-order valence-corrected chi connectivity index (χ4v) is 0.358. The van der Waals surface area contributed by atoms with E-state index in [1.54, 1.807) is 12.1 Å². The molecule has 0 amide bonds. The highest BCUT2D eigenvalue weighted by Crippen LogP contribution is 1.92. The Kier molecular flexibility index (Phi) is 11.0. The molecule has 0 aliphatic carbocycles. The van der Waals surface area contributed by atoms with Crippen molar-refractivity contribution in [3.63, 3.8) is 0 Å². The maximum absolute atomic E-state index is 9.77. The van der Waals surface area contributed by atoms with Gasteiger partial charge in [-0.3, -0.25) is 4.79 Å². The predicted molar refractivity (Wildman–Crippen MR) is 47.6 cm³/mol. The van der Waals surface area contributed by atoms with Crippen LogP contribution in [-0.2, 0) is 9.59 Å². The third kappa shape index (κ3) is 13.3. The number of carbonyl (C=O) groups is 3. The quantitative estimate of drug-likeness (QED) is 0.620. The van der Waals surface area contributed by atoms with E-state index in [0.29, 0.717) is 12.0 Å². The Morgan fingerprint density at radius 1 is 1.46 bits per heavy atom. The van der Waals surface area contributed by atoms with Crippen LogP contribution in [0.4, 0.5) is 0 Å². The van der Waals surface area contributed by atoms with Gasteiger partial charge in [-0.05, 0) is 26.0 Å². The first-order valence-corrected chi connectivity index (χ1v) is 3.41. The SMILES string of the molecule is C=O.CC(C)=O.O=Cc1ccco1. The largest absolute Gasteiger partial charge is 0.462 e. The zero-order valence-corrected chi connectivity index (χ0v) is 7.65. The van der Waals surface area contributed by atoms with E-state index < -0.39 is 0 Å². The Morgan fingerprint density at radius 2 is 1.92 bits per heavy atom. The van der Waals surface area contributed by atoms with Gasteiger partial charge < -0.3 is 14.0 Å². The molecular weight excluding hydrogens is 172 g/mol. The van der Waals surface area contributed by atoms with Crippen molar-refractivity contribution in [2.75, 3.05) is 0 Å². The maximum Gasteiger partial charge on any atom is 0.185 e. The number of aldehydes is 1. The summed E-state index contributed by atoms with van der Waals surface area (Å²) in [6, 6.07) is 3.27. The van der Waals surface area contributed by atoms with Crippen molar-refractivity contribution in [1.82, 2.24) is 0 Å². The van der Waals surface area contributed by atoms with Gasteiger partial charge in [-0.2, -0.15) is 0 Å². The van der Waals surface area contributed by atoms with Gasteiger partial charge in [0.05, 0.1) is 6.26 Å². The van der Waals surface area contributed by atoms with Gasteiger partial charge >= 0.3 is 0 Å². The molecule has 0 radical (unpaired) electrons. The predicted octanol–water partition coefficient (Wildman–Crippen LogP) is 1.50. The van der Waals surface area contributed by atoms with Gasteiger partial charge in [0, 0.05) is 0 Å². The Balaban J connectivity index is 0. The molecule has 0 aliphatic rings. The first-order valence-electron chi connectivity index (χ1n) is 3.41. The maximum atomic E-state index is 9.77. The molecule has 0 unspecified atom stereocenters. The van der Waals surface area contributed by atoms with Crippen molar-refractivity contribution in [2.45, 2.75) is 13.8 Å². The van der Waals surface area contributed by atoms with E-state index >= 15 is 0 Å². The number of furan rings is 1. The van der Waals surface area contributed by atoms with Crippen LogP contribution in [0.5, 0.6) is 0 Å². The lowest BCUT2D eigenvalue weighted by Crippen LogP contribution is -1.69. The van der Waals surface area contributed by atoms with Crippen molar-refractivity contribution in [2.24, 2.45) is 0 Å². The van der Waals surface area contributed by atoms with Crippen LogP contribution in [0.1, 0.15) is 24.4 Å². The lowest BCUT2D eigenvalue weighted by molar-refractivity contribution is -0.115. The zero-order chi connectivity index (χ0) is 10.7. The lowest BCUT2D eigenvalue weighted by atomic mass is 10.5. The average Bonchev–Trinajstić information content (AvgIpc) is 2.58. The number of Topliss-reactive ketones (excluding diaryl/α,β-unsaturated/α-hetero) is 1. The zero-order valence-electron chi connectivity index (χ0n) is 7.65. The van der Waals surface area contributed by atoms with Gasteiger partial charge in [0.25, 0.3) is 0 Å². The molecule has 4 heteroatoms. The topological polar surface area (TPSA) is 64.3 Å². The summed E-state index contributed by atoms with van der Waals surface area (Å²) in [6.07, 6.45) is 2.13. The molecule has 1 aromatic heterocycles. The Bertz CT molecular complexity index is 222. The van der Waals surface area contributed by atoms with Crippen LogP contribution in [0, 0.1) is 0 Å². The van der Waals surface area contributed by atoms with Crippen LogP contribution in [0.15, 0.2) is 22.8 Å². The van der Waals surface area contributed by atoms with Gasteiger partial charge in [0.2, 0.25) is 0 Å². The van der Waals surface area contributed by atoms with Crippen molar-refractivity contribution in [3.8, 4) is 0 Å². The summed E-state index contributed by atoms with van der Waals surface area (Å²) < 4.78 is 4.61. The van der Waals surface area contributed by atoms with E-state index in [4.69, 9.17) is 4.79 Å². The monoisotopic (exact) mass is 184 g/mol. The van der Waals surface area contributed by atoms with Gasteiger partial charge in [0.15, 0.2) is 12.0 Å². The second kappa shape index (κ2) is 10.3. The lowest BCUT2D eigenvalue weighted by Gasteiger charge is -1.68. The summed E-state index contributed by atoms with van der Waals surface area (Å²) in [7, 11) is 0. The molecule has 0 aromatic carbocycles. The summed E-state index contributed by atoms with van der Waals surface area (Å²) in [6.45, 7) is 5.06. The molecule has 0 spiro atoms. The third-order valence-electron chi connectivity index (χ3n) is 0.659. The Labute approximate surface area is 76.5 Å². The number of rotatable bonds is 1. The minimum absolute atomic E-state index is 0.167. The summed E-state index contributed by atoms with van der Waals surface area (Å²) in [5.41, 5.74) is 0. The van der Waals surface area contributed by atoms with E-state index in [9.17, 15) is 9.59 Å². The second-order valence-electron chi connectivity index (χ2n) is 2.04. The molecule has 0 bridgehead atoms. The van der Waals surface area contributed by atoms with Crippen LogP contribution < -0.4 is 0 Å². The summed E-state index contributed by atoms with van der Waals surface area (Å²) >= 11 is 0. The molecule has 0 aliphatic heterocycles. The Morgan fingerprint density at radius 3 is 2.08 bits per heavy atom. The molecular formula is C9H12O4. The minimum atomic E-state index is 0.167. The average molecular weight is 184 g/mol. The van der Waals surface area contributed by atoms with E-state index in [0.717, 1.165) is 0 Å². The summed E-state index contributed by atoms with van der Waals surface area (Å²) in [5.74, 6) is 0.542. The van der Waals surface area contributed by atoms with Crippen LogP contribution in [0.3, 0.4) is 0 Å². The first kappa shape index (κ1) is 13.9. The highest BCUT2D eigenvalue weighted by Gasteiger charge is 1.84. The van der Waals surface area contributed by atoms with Gasteiger partial charge in [-0.15, -0.1) is 0 Å². The molecule has 0 saturated heterocycles. The third-order valence-corrected chi connectivity index (χ3v) is 0.659. The molecule has 72 valence electrons. The van der Waals surface area contributed by atoms with Crippen molar-refractivity contribution in [1.29, 1.82) is 0 Å². The molecule has 4 nitrogen and oxygen atoms in total. The van der Waals surface area contributed by atoms with Crippen LogP contribution in [0.2, 0.25) is 0 Å². The van der Waals surface area contributed by atoms with Crippen LogP contribution in [0.25, 0.3) is 0 Å². The smallest absolute Gasteiger partial charge is 0.185 e. The van der Waals surface area contributed by atoms with Gasteiger partial charge in [-0.25, -0.2) is 0 Å². The number of ketones is 1. The number of hydrogen-bond acceptors (Lipinski definition) is 4. The van der Waals surface area contributed by atoms with Gasteiger partial charge in [-0.1, -0.05) is 0 Å². The summed E-state index contributed by atoms with van der Waals surface area (Å²) in [4.78, 5) is 27.2. The first-order chi connectivity index (χ1) is 6.16. The highest BCUT2D eigenvalue weighted by molar-refractivity contribution is 5.72. The van der Waals surface area contributed by atoms with E-state index in [1.807, 2.05) is 6.79 Å². The standard InChI is InChI=1S/C5H4O2.C3H6O.CH2O/c6-4-5-2-1-3-7-5;1-3(2)4;1-2/h1-4H;1-2H3;1H2. The molecule has 1 heterocycles. The Hall–Kier alpha value is -1.71. The fraction of sp³-hybridized carbons (Fsp3) is 0.222. The molecule has 0 saturated carbocycles. The highest BCUT2D eigenvalue weighted by atomic mass is 16.3. The van der Waals surface area contributed by atoms with E-state index in [-0.39, 0.29) is 5.78 Å². The van der Waals surface area contributed by atoms with Crippen molar-refractivity contribution >= 4 is 18.9 Å². The van der Waals surface area contributed by atoms with Crippen LogP contribution in [-0.4, -0.2) is 18.9 Å². The normalized spacial score (nSPS) is 6.92. The fourth-order valence-electron chi connectivity index (χ4n) is 0.358. The van der Waals surface area contributed by atoms with E-state index in [1.165, 1.54) is 20.1 Å². The molecule has 0 atom stereocenters. The minimum Gasteiger partial charge on any atom is -0.462 e. The van der Waals surface area contributed by atoms with Crippen molar-refractivity contribution < 1.29 is 18.8 Å². The molecule has 13 heavy (non-hydrogen) atoms. The summed E-state index contributed by atoms with van der Waals surface area (Å²) in [5, 5.41) is 0. The number of hydrogen-bond donors (Lipinski definition) is 0. The molecule has 1 aromatic rings. The van der Waals surface area contributed by atoms with Crippen molar-refractivity contribution in [3.05, 3.63) is 24.2 Å².